The van der Waals surface area contributed by atoms with E-state index in [1.807, 2.05) is 67.5 Å². The second kappa shape index (κ2) is 11.4. The van der Waals surface area contributed by atoms with Crippen molar-refractivity contribution in [3.8, 4) is 5.75 Å². The van der Waals surface area contributed by atoms with Crippen LogP contribution in [0.15, 0.2) is 77.7 Å². The zero-order valence-electron chi connectivity index (χ0n) is 21.3. The van der Waals surface area contributed by atoms with Crippen molar-refractivity contribution in [2.75, 3.05) is 46.2 Å². The molecule has 0 N–H and O–H groups in total. The van der Waals surface area contributed by atoms with E-state index >= 15 is 0 Å². The average molecular weight is 539 g/mol. The predicted molar refractivity (Wildman–Crippen MR) is 148 cm³/mol. The Morgan fingerprint density at radius 2 is 1.65 bits per heavy atom. The number of fused-ring (bicyclic) bond motifs is 1. The fourth-order valence-electron chi connectivity index (χ4n) is 3.75. The molecule has 37 heavy (non-hydrogen) atoms. The summed E-state index contributed by atoms with van der Waals surface area (Å²) in [5.74, 6) is 0.484. The molecule has 0 bridgehead atoms. The van der Waals surface area contributed by atoms with Gasteiger partial charge in [0, 0.05) is 32.2 Å². The van der Waals surface area contributed by atoms with E-state index in [4.69, 9.17) is 4.74 Å². The van der Waals surface area contributed by atoms with Gasteiger partial charge in [0.25, 0.3) is 5.91 Å². The minimum absolute atomic E-state index is 0.134. The molecule has 0 atom stereocenters. The van der Waals surface area contributed by atoms with Gasteiger partial charge < -0.3 is 9.64 Å². The second-order valence-electron chi connectivity index (χ2n) is 8.86. The van der Waals surface area contributed by atoms with Gasteiger partial charge in [0.15, 0.2) is 5.13 Å². The SMILES string of the molecule is COc1ccc2nc(N(CCN(C)C)C(=O)c3ccc(S(=O)(=O)N(C)Cc4ccccc4)cc3)sc2c1. The molecule has 8 nitrogen and oxygen atoms in total. The van der Waals surface area contributed by atoms with E-state index < -0.39 is 10.0 Å². The van der Waals surface area contributed by atoms with E-state index in [0.29, 0.717) is 23.8 Å². The summed E-state index contributed by atoms with van der Waals surface area (Å²) in [6.07, 6.45) is 0. The summed E-state index contributed by atoms with van der Waals surface area (Å²) < 4.78 is 33.8. The van der Waals surface area contributed by atoms with Crippen LogP contribution in [0.1, 0.15) is 15.9 Å². The van der Waals surface area contributed by atoms with Crippen LogP contribution < -0.4 is 9.64 Å². The third-order valence-corrected chi connectivity index (χ3v) is 8.75. The normalized spacial score (nSPS) is 11.8. The molecular weight excluding hydrogens is 508 g/mol. The molecule has 0 unspecified atom stereocenters. The Labute approximate surface area is 221 Å². The predicted octanol–water partition coefficient (Wildman–Crippen LogP) is 4.33. The fraction of sp³-hybridized carbons (Fsp3) is 0.259. The fourth-order valence-corrected chi connectivity index (χ4v) is 5.93. The van der Waals surface area contributed by atoms with E-state index in [-0.39, 0.29) is 17.3 Å². The topological polar surface area (TPSA) is 83.0 Å². The quantitative estimate of drug-likeness (QED) is 0.299. The monoisotopic (exact) mass is 538 g/mol. The number of sulfonamides is 1. The Morgan fingerprint density at radius 1 is 0.946 bits per heavy atom. The molecule has 0 spiro atoms. The van der Waals surface area contributed by atoms with Crippen molar-refractivity contribution in [2.45, 2.75) is 11.4 Å². The van der Waals surface area contributed by atoms with E-state index in [9.17, 15) is 13.2 Å². The summed E-state index contributed by atoms with van der Waals surface area (Å²) in [5.41, 5.74) is 2.07. The number of anilines is 1. The lowest BCUT2D eigenvalue weighted by Gasteiger charge is -2.22. The van der Waals surface area contributed by atoms with Gasteiger partial charge in [-0.1, -0.05) is 41.7 Å². The Balaban J connectivity index is 1.58. The van der Waals surface area contributed by atoms with Crippen LogP contribution in [0, 0.1) is 0 Å². The number of carbonyl (C=O) groups excluding carboxylic acids is 1. The van der Waals surface area contributed by atoms with Gasteiger partial charge in [-0.3, -0.25) is 9.69 Å². The summed E-state index contributed by atoms with van der Waals surface area (Å²) in [5, 5.41) is 0.578. The van der Waals surface area contributed by atoms with E-state index in [1.165, 1.54) is 27.8 Å². The molecule has 4 rings (SSSR count). The van der Waals surface area contributed by atoms with Crippen molar-refractivity contribution in [1.29, 1.82) is 0 Å². The molecule has 0 saturated heterocycles. The minimum atomic E-state index is -3.72. The number of methoxy groups -OCH3 is 1. The number of nitrogens with zero attached hydrogens (tertiary/aromatic N) is 4. The average Bonchev–Trinajstić information content (AvgIpc) is 3.32. The molecule has 194 valence electrons. The van der Waals surface area contributed by atoms with Gasteiger partial charge in [-0.05, 0) is 62.1 Å². The molecule has 0 saturated carbocycles. The highest BCUT2D eigenvalue weighted by molar-refractivity contribution is 7.89. The molecule has 3 aromatic carbocycles. The molecule has 1 aromatic heterocycles. The van der Waals surface area contributed by atoms with Gasteiger partial charge in [-0.2, -0.15) is 4.31 Å². The van der Waals surface area contributed by atoms with Crippen LogP contribution >= 0.6 is 11.3 Å². The molecular formula is C27H30N4O4S2. The van der Waals surface area contributed by atoms with Crippen LogP contribution in [0.4, 0.5) is 5.13 Å². The Kier molecular flexibility index (Phi) is 8.23. The number of benzene rings is 3. The molecule has 0 fully saturated rings. The highest BCUT2D eigenvalue weighted by Gasteiger charge is 2.24. The maximum atomic E-state index is 13.6. The Hall–Kier alpha value is -3.31. The van der Waals surface area contributed by atoms with E-state index in [1.54, 1.807) is 31.2 Å². The highest BCUT2D eigenvalue weighted by atomic mass is 32.2. The first-order chi connectivity index (χ1) is 17.7. The molecule has 4 aromatic rings. The van der Waals surface area contributed by atoms with Gasteiger partial charge in [0.05, 0.1) is 22.2 Å². The van der Waals surface area contributed by atoms with Crippen LogP contribution in [0.2, 0.25) is 0 Å². The first-order valence-corrected chi connectivity index (χ1v) is 14.0. The van der Waals surface area contributed by atoms with Crippen molar-refractivity contribution >= 4 is 42.6 Å². The van der Waals surface area contributed by atoms with Crippen LogP contribution in [0.5, 0.6) is 5.75 Å². The molecule has 1 heterocycles. The largest absolute Gasteiger partial charge is 0.497 e. The lowest BCUT2D eigenvalue weighted by atomic mass is 10.2. The van der Waals surface area contributed by atoms with Crippen molar-refractivity contribution in [3.63, 3.8) is 0 Å². The smallest absolute Gasteiger partial charge is 0.260 e. The number of amides is 1. The number of aromatic nitrogens is 1. The van der Waals surface area contributed by atoms with Crippen molar-refractivity contribution in [2.24, 2.45) is 0 Å². The first kappa shape index (κ1) is 26.7. The molecule has 0 radical (unpaired) electrons. The van der Waals surface area contributed by atoms with Crippen LogP contribution in [-0.2, 0) is 16.6 Å². The van der Waals surface area contributed by atoms with Crippen molar-refractivity contribution in [1.82, 2.24) is 14.2 Å². The molecule has 10 heteroatoms. The number of ether oxygens (including phenoxy) is 1. The molecule has 0 aliphatic carbocycles. The van der Waals surface area contributed by atoms with Crippen LogP contribution in [-0.4, -0.2) is 69.9 Å². The summed E-state index contributed by atoms with van der Waals surface area (Å²) >= 11 is 1.41. The zero-order chi connectivity index (χ0) is 26.6. The standard InChI is InChI=1S/C27H30N4O4S2/c1-29(2)16-17-31(27-28-24-15-12-22(35-4)18-25(24)36-27)26(32)21-10-13-23(14-11-21)37(33,34)30(3)19-20-8-6-5-7-9-20/h5-15,18H,16-17,19H2,1-4H3. The summed E-state index contributed by atoms with van der Waals surface area (Å²) in [6.45, 7) is 1.33. The molecule has 0 aliphatic heterocycles. The maximum Gasteiger partial charge on any atom is 0.260 e. The van der Waals surface area contributed by atoms with Crippen LogP contribution in [0.25, 0.3) is 10.2 Å². The summed E-state index contributed by atoms with van der Waals surface area (Å²) in [7, 11) is 3.32. The lowest BCUT2D eigenvalue weighted by Crippen LogP contribution is -2.36. The third-order valence-electron chi connectivity index (χ3n) is 5.89. The van der Waals surface area contributed by atoms with Crippen molar-refractivity contribution < 1.29 is 17.9 Å². The van der Waals surface area contributed by atoms with Crippen LogP contribution in [0.3, 0.4) is 0 Å². The minimum Gasteiger partial charge on any atom is -0.497 e. The summed E-state index contributed by atoms with van der Waals surface area (Å²) in [4.78, 5) is 22.0. The highest BCUT2D eigenvalue weighted by Crippen LogP contribution is 2.32. The second-order valence-corrected chi connectivity index (χ2v) is 11.9. The number of hydrogen-bond donors (Lipinski definition) is 0. The number of rotatable bonds is 10. The summed E-state index contributed by atoms with van der Waals surface area (Å²) in [6, 6.07) is 21.1. The van der Waals surface area contributed by atoms with Gasteiger partial charge in [0.1, 0.15) is 5.75 Å². The van der Waals surface area contributed by atoms with E-state index in [0.717, 1.165) is 21.5 Å². The number of hydrogen-bond acceptors (Lipinski definition) is 7. The zero-order valence-corrected chi connectivity index (χ0v) is 22.9. The van der Waals surface area contributed by atoms with Gasteiger partial charge in [-0.15, -0.1) is 0 Å². The van der Waals surface area contributed by atoms with Gasteiger partial charge in [-0.25, -0.2) is 13.4 Å². The van der Waals surface area contributed by atoms with Crippen molar-refractivity contribution in [3.05, 3.63) is 83.9 Å². The Bertz CT molecular complexity index is 1470. The Morgan fingerprint density at radius 3 is 2.30 bits per heavy atom. The molecule has 1 amide bonds. The van der Waals surface area contributed by atoms with Gasteiger partial charge in [0.2, 0.25) is 10.0 Å². The number of thiazole rings is 1. The van der Waals surface area contributed by atoms with E-state index in [2.05, 4.69) is 4.98 Å². The number of carbonyl (C=O) groups is 1. The third kappa shape index (κ3) is 6.16. The number of likely N-dealkylation sites (N-methyl/N-ethyl adjacent to an activating group) is 1. The maximum absolute atomic E-state index is 13.6. The van der Waals surface area contributed by atoms with Gasteiger partial charge >= 0.3 is 0 Å². The lowest BCUT2D eigenvalue weighted by molar-refractivity contribution is 0.0985. The molecule has 0 aliphatic rings. The first-order valence-electron chi connectivity index (χ1n) is 11.7.